The molecule has 0 spiro atoms. The van der Waals surface area contributed by atoms with E-state index in [0.717, 1.165) is 31.2 Å². The summed E-state index contributed by atoms with van der Waals surface area (Å²) in [5, 5.41) is 15.7. The van der Waals surface area contributed by atoms with E-state index < -0.39 is 70.0 Å². The fraction of sp³-hybridized carbons (Fsp3) is 0.776. The lowest BCUT2D eigenvalue weighted by Crippen LogP contribution is -2.60. The van der Waals surface area contributed by atoms with Gasteiger partial charge in [-0.15, -0.1) is 0 Å². The van der Waals surface area contributed by atoms with Crippen molar-refractivity contribution in [3.8, 4) is 0 Å². The summed E-state index contributed by atoms with van der Waals surface area (Å²) in [5.74, 6) is -3.81. The number of carbonyl (C=O) groups is 5. The summed E-state index contributed by atoms with van der Waals surface area (Å²) in [6.45, 7) is 13.6. The topological polar surface area (TPSA) is 210 Å². The van der Waals surface area contributed by atoms with Crippen LogP contribution in [0.4, 0.5) is 0 Å². The number of likely N-dealkylation sites (N-methyl/N-ethyl adjacent to an activating group) is 1. The van der Waals surface area contributed by atoms with Gasteiger partial charge in [-0.3, -0.25) is 24.1 Å². The highest BCUT2D eigenvalue weighted by Gasteiger charge is 2.50. The summed E-state index contributed by atoms with van der Waals surface area (Å²) in [7, 11) is 1.25. The first kappa shape index (κ1) is 55.9. The SMILES string of the molecule is CCCOCCOCCS(=O)(=O)CCN1[C@H]2CCC(C2)[C@H]1C(=O)N[C@H](C(=O)N(C)[C@@H]([C@@H](C)CC)[C@@H](CC(=O)N1CCC[C@H]1[C@H](OC)[C@@H](C)C(=O)N[C@@H](Cc1ccccc1)C(=O)O)OC)C(C)C. The Morgan fingerprint density at radius 3 is 2.19 bits per heavy atom. The number of carboxylic acid groups (broad SMARTS) is 1. The van der Waals surface area contributed by atoms with Gasteiger partial charge < -0.3 is 44.5 Å². The Balaban J connectivity index is 1.42. The highest BCUT2D eigenvalue weighted by atomic mass is 32.2. The predicted molar refractivity (Wildman–Crippen MR) is 255 cm³/mol. The number of benzene rings is 1. The Labute approximate surface area is 399 Å². The van der Waals surface area contributed by atoms with Crippen LogP contribution in [0.15, 0.2) is 30.3 Å². The molecule has 2 saturated heterocycles. The highest BCUT2D eigenvalue weighted by Crippen LogP contribution is 2.42. The lowest BCUT2D eigenvalue weighted by atomic mass is 9.89. The van der Waals surface area contributed by atoms with Crippen LogP contribution in [-0.4, -0.2) is 179 Å². The number of methoxy groups -OCH3 is 2. The number of rotatable bonds is 30. The molecule has 3 aliphatic rings. The van der Waals surface area contributed by atoms with E-state index in [9.17, 15) is 37.5 Å². The normalized spacial score (nSPS) is 22.7. The van der Waals surface area contributed by atoms with Gasteiger partial charge in [-0.25, -0.2) is 13.2 Å². The third-order valence-corrected chi connectivity index (χ3v) is 15.9. The Hall–Kier alpha value is -3.68. The van der Waals surface area contributed by atoms with Gasteiger partial charge in [0.15, 0.2) is 9.84 Å². The van der Waals surface area contributed by atoms with Crippen LogP contribution in [0.25, 0.3) is 0 Å². The monoisotopic (exact) mass is 964 g/mol. The van der Waals surface area contributed by atoms with Crippen molar-refractivity contribution in [2.75, 3.05) is 72.3 Å². The molecule has 3 fully saturated rings. The van der Waals surface area contributed by atoms with Gasteiger partial charge in [0.05, 0.1) is 74.0 Å². The van der Waals surface area contributed by atoms with Crippen LogP contribution >= 0.6 is 0 Å². The zero-order valence-corrected chi connectivity index (χ0v) is 42.3. The summed E-state index contributed by atoms with van der Waals surface area (Å²) in [6.07, 6.45) is 3.98. The van der Waals surface area contributed by atoms with Crippen LogP contribution in [-0.2, 0) is 59.2 Å². The number of nitrogens with one attached hydrogen (secondary N) is 2. The lowest BCUT2D eigenvalue weighted by molar-refractivity contribution is -0.148. The van der Waals surface area contributed by atoms with Crippen molar-refractivity contribution in [3.05, 3.63) is 35.9 Å². The summed E-state index contributed by atoms with van der Waals surface area (Å²) in [5.41, 5.74) is 0.770. The number of carbonyl (C=O) groups excluding carboxylic acids is 4. The molecule has 11 atom stereocenters. The Bertz CT molecular complexity index is 1860. The van der Waals surface area contributed by atoms with Crippen molar-refractivity contribution in [1.29, 1.82) is 0 Å². The van der Waals surface area contributed by atoms with E-state index in [1.54, 1.807) is 35.9 Å². The molecule has 3 N–H and O–H groups in total. The molecule has 1 saturated carbocycles. The molecular formula is C49H81N5O12S. The quantitative estimate of drug-likeness (QED) is 0.0944. The number of hydrogen-bond acceptors (Lipinski definition) is 12. The number of carboxylic acids is 1. The second kappa shape index (κ2) is 26.9. The Morgan fingerprint density at radius 1 is 0.896 bits per heavy atom. The molecule has 2 aliphatic heterocycles. The minimum absolute atomic E-state index is 0.0577. The number of sulfone groups is 1. The van der Waals surface area contributed by atoms with E-state index >= 15 is 0 Å². The van der Waals surface area contributed by atoms with Gasteiger partial charge in [0.2, 0.25) is 23.6 Å². The Kier molecular flexibility index (Phi) is 22.5. The molecule has 18 heteroatoms. The van der Waals surface area contributed by atoms with Crippen LogP contribution in [0, 0.1) is 23.7 Å². The fourth-order valence-electron chi connectivity index (χ4n) is 10.4. The average Bonchev–Trinajstić information content (AvgIpc) is 4.07. The summed E-state index contributed by atoms with van der Waals surface area (Å²) < 4.78 is 49.0. The Morgan fingerprint density at radius 2 is 1.58 bits per heavy atom. The summed E-state index contributed by atoms with van der Waals surface area (Å²) in [6, 6.07) is 5.54. The molecule has 17 nitrogen and oxygen atoms in total. The maximum Gasteiger partial charge on any atom is 0.326 e. The van der Waals surface area contributed by atoms with Gasteiger partial charge in [0, 0.05) is 53.4 Å². The van der Waals surface area contributed by atoms with Crippen LogP contribution in [0.5, 0.6) is 0 Å². The second-order valence-corrected chi connectivity index (χ2v) is 21.5. The molecule has 67 heavy (non-hydrogen) atoms. The molecule has 2 heterocycles. The third kappa shape index (κ3) is 15.4. The largest absolute Gasteiger partial charge is 0.480 e. The number of aliphatic carboxylic acids is 1. The molecule has 4 rings (SSSR count). The fourth-order valence-corrected chi connectivity index (χ4v) is 11.5. The van der Waals surface area contributed by atoms with Crippen molar-refractivity contribution < 1.29 is 56.4 Å². The summed E-state index contributed by atoms with van der Waals surface area (Å²) in [4.78, 5) is 74.4. The molecule has 0 aromatic heterocycles. The van der Waals surface area contributed by atoms with Crippen LogP contribution in [0.2, 0.25) is 0 Å². The highest BCUT2D eigenvalue weighted by molar-refractivity contribution is 7.91. The van der Waals surface area contributed by atoms with Crippen LogP contribution in [0.1, 0.15) is 98.5 Å². The number of nitrogens with zero attached hydrogens (tertiary/aromatic N) is 3. The number of amides is 4. The smallest absolute Gasteiger partial charge is 0.326 e. The minimum Gasteiger partial charge on any atom is -0.480 e. The molecule has 1 aliphatic carbocycles. The van der Waals surface area contributed by atoms with Gasteiger partial charge in [-0.1, -0.05) is 78.3 Å². The first-order chi connectivity index (χ1) is 31.9. The standard InChI is InChI=1S/C49H81N5O12S/c1-10-23-65-24-25-66-26-28-67(61,62)27-22-53-37-20-19-36(30-37)44(53)47(57)51-42(32(3)4)48(58)52(7)43(33(5)11-2)40(63-8)31-41(55)54-21-15-18-39(54)45(64-9)34(6)46(56)50-38(49(59)60)29-35-16-13-12-14-17-35/h12-14,16-17,32-34,36-40,42-45H,10-11,15,18-31H2,1-9H3,(H,50,56)(H,51,57)(H,59,60)/t33-,34+,36?,37-,38-,39-,40+,42-,43-,44-,45+/m0/s1. The minimum atomic E-state index is -3.45. The first-order valence-corrected chi connectivity index (χ1v) is 26.3. The molecule has 1 aromatic carbocycles. The van der Waals surface area contributed by atoms with Crippen molar-refractivity contribution >= 4 is 39.4 Å². The zero-order valence-electron chi connectivity index (χ0n) is 41.5. The zero-order chi connectivity index (χ0) is 49.4. The lowest BCUT2D eigenvalue weighted by Gasteiger charge is -2.41. The van der Waals surface area contributed by atoms with E-state index in [1.807, 2.05) is 57.7 Å². The van der Waals surface area contributed by atoms with E-state index in [1.165, 1.54) is 14.2 Å². The van der Waals surface area contributed by atoms with Crippen molar-refractivity contribution in [2.45, 2.75) is 148 Å². The number of hydrogen-bond donors (Lipinski definition) is 3. The van der Waals surface area contributed by atoms with Crippen molar-refractivity contribution in [3.63, 3.8) is 0 Å². The molecule has 2 bridgehead atoms. The van der Waals surface area contributed by atoms with E-state index in [0.29, 0.717) is 45.6 Å². The van der Waals surface area contributed by atoms with E-state index in [-0.39, 0.29) is 79.0 Å². The van der Waals surface area contributed by atoms with Gasteiger partial charge in [0.25, 0.3) is 0 Å². The molecule has 1 unspecified atom stereocenters. The number of piperidine rings is 1. The second-order valence-electron chi connectivity index (χ2n) is 19.2. The number of ether oxygens (including phenoxy) is 4. The van der Waals surface area contributed by atoms with Crippen molar-refractivity contribution in [1.82, 2.24) is 25.3 Å². The van der Waals surface area contributed by atoms with E-state index in [4.69, 9.17) is 18.9 Å². The molecule has 4 amide bonds. The van der Waals surface area contributed by atoms with Gasteiger partial charge in [-0.2, -0.15) is 0 Å². The molecule has 1 aromatic rings. The van der Waals surface area contributed by atoms with Crippen LogP contribution < -0.4 is 10.6 Å². The summed E-state index contributed by atoms with van der Waals surface area (Å²) >= 11 is 0. The van der Waals surface area contributed by atoms with Gasteiger partial charge in [-0.05, 0) is 61.8 Å². The average molecular weight is 964 g/mol. The number of fused-ring (bicyclic) bond motifs is 2. The molecule has 0 radical (unpaired) electrons. The molecule has 380 valence electrons. The van der Waals surface area contributed by atoms with Crippen molar-refractivity contribution in [2.24, 2.45) is 23.7 Å². The molecular weight excluding hydrogens is 883 g/mol. The van der Waals surface area contributed by atoms with Gasteiger partial charge >= 0.3 is 5.97 Å². The maximum absolute atomic E-state index is 14.7. The predicted octanol–water partition coefficient (Wildman–Crippen LogP) is 3.57. The third-order valence-electron chi connectivity index (χ3n) is 14.3. The first-order valence-electron chi connectivity index (χ1n) is 24.5. The van der Waals surface area contributed by atoms with Gasteiger partial charge in [0.1, 0.15) is 12.1 Å². The maximum atomic E-state index is 14.7. The van der Waals surface area contributed by atoms with E-state index in [2.05, 4.69) is 10.6 Å². The van der Waals surface area contributed by atoms with Crippen LogP contribution in [0.3, 0.4) is 0 Å². The number of likely N-dealkylation sites (tertiary alicyclic amines) is 2.